The van der Waals surface area contributed by atoms with Crippen LogP contribution in [0.25, 0.3) is 16.7 Å². The lowest BCUT2D eigenvalue weighted by molar-refractivity contribution is -0.0331. The molecular weight excluding hydrogens is 457 g/mol. The summed E-state index contributed by atoms with van der Waals surface area (Å²) in [5, 5.41) is 0. The SMILES string of the molecule is CCOc1cc(F)cc(C2=CC3COCC(C2)N3C(=O)OCC2c3ccccc3-c3ccccc32)c1. The second-order valence-corrected chi connectivity index (χ2v) is 9.47. The molecule has 1 saturated heterocycles. The summed E-state index contributed by atoms with van der Waals surface area (Å²) in [7, 11) is 0. The van der Waals surface area contributed by atoms with Gasteiger partial charge in [-0.25, -0.2) is 9.18 Å². The third kappa shape index (κ3) is 4.05. The number of carbonyl (C=O) groups excluding carboxylic acids is 1. The number of amides is 1. The molecule has 2 atom stereocenters. The first-order chi connectivity index (χ1) is 17.6. The second kappa shape index (κ2) is 9.43. The van der Waals surface area contributed by atoms with Gasteiger partial charge in [0.25, 0.3) is 0 Å². The minimum Gasteiger partial charge on any atom is -0.494 e. The van der Waals surface area contributed by atoms with E-state index in [2.05, 4.69) is 24.3 Å². The van der Waals surface area contributed by atoms with Crippen LogP contribution in [0.3, 0.4) is 0 Å². The molecule has 0 radical (unpaired) electrons. The van der Waals surface area contributed by atoms with Crippen molar-refractivity contribution >= 4 is 11.7 Å². The molecule has 6 rings (SSSR count). The molecule has 3 aromatic rings. The number of fused-ring (bicyclic) bond motifs is 5. The quantitative estimate of drug-likeness (QED) is 0.443. The van der Waals surface area contributed by atoms with Crippen LogP contribution in [0.4, 0.5) is 9.18 Å². The fourth-order valence-corrected chi connectivity index (χ4v) is 5.76. The van der Waals surface area contributed by atoms with Crippen LogP contribution >= 0.6 is 0 Å². The first-order valence-corrected chi connectivity index (χ1v) is 12.5. The first kappa shape index (κ1) is 22.8. The lowest BCUT2D eigenvalue weighted by Crippen LogP contribution is -2.56. The molecule has 1 amide bonds. The topological polar surface area (TPSA) is 48.0 Å². The minimum absolute atomic E-state index is 0.0117. The zero-order valence-electron chi connectivity index (χ0n) is 20.2. The Morgan fingerprint density at radius 2 is 1.75 bits per heavy atom. The van der Waals surface area contributed by atoms with Crippen molar-refractivity contribution in [1.82, 2.24) is 4.90 Å². The van der Waals surface area contributed by atoms with Crippen molar-refractivity contribution < 1.29 is 23.4 Å². The summed E-state index contributed by atoms with van der Waals surface area (Å²) in [6, 6.07) is 21.0. The van der Waals surface area contributed by atoms with E-state index in [1.54, 1.807) is 4.90 Å². The fraction of sp³-hybridized carbons (Fsp3) is 0.300. The number of hydrogen-bond donors (Lipinski definition) is 0. The summed E-state index contributed by atoms with van der Waals surface area (Å²) in [5.41, 5.74) is 6.55. The van der Waals surface area contributed by atoms with Crippen LogP contribution in [0.15, 0.2) is 72.8 Å². The van der Waals surface area contributed by atoms with Gasteiger partial charge in [-0.2, -0.15) is 0 Å². The molecule has 2 bridgehead atoms. The highest BCUT2D eigenvalue weighted by atomic mass is 19.1. The zero-order chi connectivity index (χ0) is 24.6. The fourth-order valence-electron chi connectivity index (χ4n) is 5.76. The van der Waals surface area contributed by atoms with E-state index >= 15 is 0 Å². The first-order valence-electron chi connectivity index (χ1n) is 12.5. The Balaban J connectivity index is 1.21. The van der Waals surface area contributed by atoms with E-state index in [1.807, 2.05) is 43.3 Å². The molecule has 0 spiro atoms. The summed E-state index contributed by atoms with van der Waals surface area (Å²) in [5.74, 6) is 0.184. The Hall–Kier alpha value is -3.64. The van der Waals surface area contributed by atoms with E-state index in [0.717, 1.165) is 11.1 Å². The average molecular weight is 486 g/mol. The van der Waals surface area contributed by atoms with Gasteiger partial charge in [-0.15, -0.1) is 0 Å². The van der Waals surface area contributed by atoms with E-state index in [0.29, 0.717) is 32.0 Å². The highest BCUT2D eigenvalue weighted by Gasteiger charge is 2.40. The molecular formula is C30H28FNO4. The number of morpholine rings is 1. The zero-order valence-corrected chi connectivity index (χ0v) is 20.2. The van der Waals surface area contributed by atoms with Crippen LogP contribution in [-0.2, 0) is 9.47 Å². The summed E-state index contributed by atoms with van der Waals surface area (Å²) in [6.45, 7) is 3.43. The van der Waals surface area contributed by atoms with Crippen LogP contribution in [0.1, 0.15) is 36.0 Å². The number of carbonyl (C=O) groups is 1. The van der Waals surface area contributed by atoms with Crippen molar-refractivity contribution in [2.75, 3.05) is 26.4 Å². The van der Waals surface area contributed by atoms with Gasteiger partial charge in [0.1, 0.15) is 18.2 Å². The Kier molecular flexibility index (Phi) is 5.97. The van der Waals surface area contributed by atoms with Gasteiger partial charge in [0.2, 0.25) is 0 Å². The maximum absolute atomic E-state index is 14.2. The van der Waals surface area contributed by atoms with Gasteiger partial charge < -0.3 is 14.2 Å². The lowest BCUT2D eigenvalue weighted by Gasteiger charge is -2.44. The highest BCUT2D eigenvalue weighted by molar-refractivity contribution is 5.79. The minimum atomic E-state index is -0.336. The Morgan fingerprint density at radius 1 is 1.03 bits per heavy atom. The van der Waals surface area contributed by atoms with Gasteiger partial charge in [0, 0.05) is 12.0 Å². The lowest BCUT2D eigenvalue weighted by atomic mass is 9.90. The molecule has 1 aliphatic carbocycles. The third-order valence-corrected chi connectivity index (χ3v) is 7.30. The van der Waals surface area contributed by atoms with E-state index in [1.165, 1.54) is 34.4 Å². The molecule has 2 aliphatic heterocycles. The van der Waals surface area contributed by atoms with Crippen LogP contribution in [0.2, 0.25) is 0 Å². The van der Waals surface area contributed by atoms with E-state index < -0.39 is 0 Å². The number of benzene rings is 3. The highest BCUT2D eigenvalue weighted by Crippen LogP contribution is 2.44. The molecule has 0 saturated carbocycles. The number of hydrogen-bond acceptors (Lipinski definition) is 4. The summed E-state index contributed by atoms with van der Waals surface area (Å²) in [4.78, 5) is 15.2. The molecule has 2 unspecified atom stereocenters. The predicted molar refractivity (Wildman–Crippen MR) is 135 cm³/mol. The molecule has 36 heavy (non-hydrogen) atoms. The van der Waals surface area contributed by atoms with Crippen molar-refractivity contribution in [2.45, 2.75) is 31.3 Å². The van der Waals surface area contributed by atoms with Gasteiger partial charge in [-0.3, -0.25) is 4.90 Å². The van der Waals surface area contributed by atoms with E-state index in [-0.39, 0.29) is 36.5 Å². The maximum atomic E-state index is 14.2. The summed E-state index contributed by atoms with van der Waals surface area (Å²) in [6.07, 6.45) is 2.23. The molecule has 184 valence electrons. The largest absolute Gasteiger partial charge is 0.494 e. The Bertz CT molecular complexity index is 1290. The monoisotopic (exact) mass is 485 g/mol. The van der Waals surface area contributed by atoms with Crippen molar-refractivity contribution in [2.24, 2.45) is 0 Å². The van der Waals surface area contributed by atoms with E-state index in [4.69, 9.17) is 14.2 Å². The van der Waals surface area contributed by atoms with Crippen LogP contribution in [-0.4, -0.2) is 49.5 Å². The number of nitrogens with zero attached hydrogens (tertiary/aromatic N) is 1. The Morgan fingerprint density at radius 3 is 2.44 bits per heavy atom. The number of ether oxygens (including phenoxy) is 3. The van der Waals surface area contributed by atoms with Gasteiger partial charge in [-0.05, 0) is 58.9 Å². The van der Waals surface area contributed by atoms with Gasteiger partial charge in [0.05, 0.1) is 31.9 Å². The van der Waals surface area contributed by atoms with Gasteiger partial charge >= 0.3 is 6.09 Å². The molecule has 2 heterocycles. The molecule has 0 N–H and O–H groups in total. The van der Waals surface area contributed by atoms with Crippen molar-refractivity contribution in [3.63, 3.8) is 0 Å². The molecule has 0 aromatic heterocycles. The predicted octanol–water partition coefficient (Wildman–Crippen LogP) is 6.03. The average Bonchev–Trinajstić information content (AvgIpc) is 3.20. The molecule has 1 fully saturated rings. The van der Waals surface area contributed by atoms with E-state index in [9.17, 15) is 9.18 Å². The standard InChI is InChI=1S/C30H28FNO4/c1-2-35-24-14-19(11-21(31)15-24)20-12-22-16-34-17-23(13-20)32(22)30(33)36-18-29-27-9-5-3-7-25(27)26-8-4-6-10-28(26)29/h3-12,14-15,22-23,29H,2,13,16-18H2,1H3. The van der Waals surface area contributed by atoms with Crippen LogP contribution in [0.5, 0.6) is 5.75 Å². The maximum Gasteiger partial charge on any atom is 0.410 e. The van der Waals surface area contributed by atoms with Gasteiger partial charge in [0.15, 0.2) is 0 Å². The molecule has 5 nitrogen and oxygen atoms in total. The number of halogens is 1. The second-order valence-electron chi connectivity index (χ2n) is 9.47. The third-order valence-electron chi connectivity index (χ3n) is 7.30. The Labute approximate surface area is 210 Å². The number of rotatable bonds is 5. The van der Waals surface area contributed by atoms with Crippen LogP contribution in [0, 0.1) is 5.82 Å². The van der Waals surface area contributed by atoms with Crippen molar-refractivity contribution in [3.8, 4) is 16.9 Å². The van der Waals surface area contributed by atoms with Crippen molar-refractivity contribution in [1.29, 1.82) is 0 Å². The normalized spacial score (nSPS) is 20.4. The molecule has 6 heteroatoms. The summed E-state index contributed by atoms with van der Waals surface area (Å²) < 4.78 is 31.5. The van der Waals surface area contributed by atoms with Gasteiger partial charge in [-0.1, -0.05) is 54.6 Å². The van der Waals surface area contributed by atoms with Crippen molar-refractivity contribution in [3.05, 3.63) is 95.3 Å². The molecule has 3 aliphatic rings. The smallest absolute Gasteiger partial charge is 0.410 e. The molecule has 3 aromatic carbocycles. The van der Waals surface area contributed by atoms with Crippen LogP contribution < -0.4 is 4.74 Å². The summed E-state index contributed by atoms with van der Waals surface area (Å²) >= 11 is 0.